The molecule has 8 nitrogen and oxygen atoms in total. The van der Waals surface area contributed by atoms with E-state index in [1.54, 1.807) is 27.7 Å². The highest BCUT2D eigenvalue weighted by Crippen LogP contribution is 2.51. The van der Waals surface area contributed by atoms with Crippen LogP contribution in [-0.2, 0) is 0 Å². The summed E-state index contributed by atoms with van der Waals surface area (Å²) in [4.78, 5) is 4.51. The molecular formula is C28H26N4O4. The van der Waals surface area contributed by atoms with Crippen LogP contribution in [0, 0.1) is 6.92 Å². The van der Waals surface area contributed by atoms with Gasteiger partial charge < -0.3 is 24.3 Å². The maximum absolute atomic E-state index is 6.72. The Bertz CT molecular complexity index is 1490. The van der Waals surface area contributed by atoms with Crippen LogP contribution in [-0.4, -0.2) is 36.1 Å². The first-order valence-corrected chi connectivity index (χ1v) is 11.7. The Labute approximate surface area is 209 Å². The smallest absolute Gasteiger partial charge is 0.226 e. The first kappa shape index (κ1) is 22.0. The van der Waals surface area contributed by atoms with E-state index in [2.05, 4.69) is 40.5 Å². The van der Waals surface area contributed by atoms with Gasteiger partial charge in [-0.05, 0) is 48.9 Å². The van der Waals surface area contributed by atoms with Gasteiger partial charge in [0.2, 0.25) is 5.95 Å². The standard InChI is InChI=1S/C28H26N4O4/c1-16-8-10-21-20(12-16)25-24(27(36-21)18-6-5-7-19(13-18)33-2)26(32-28(31-25)29-15-30-32)17-9-11-22(34-3)23(14-17)35-4/h5-15,26-27H,1-4H3,(H,29,30,31)/t26-,27-/m1/s1. The molecule has 1 aromatic heterocycles. The first-order chi connectivity index (χ1) is 17.6. The van der Waals surface area contributed by atoms with Crippen LogP contribution in [0.2, 0.25) is 0 Å². The van der Waals surface area contributed by atoms with Crippen molar-refractivity contribution in [3.8, 4) is 23.0 Å². The molecule has 3 aromatic carbocycles. The quantitative estimate of drug-likeness (QED) is 0.420. The van der Waals surface area contributed by atoms with Crippen molar-refractivity contribution in [2.24, 2.45) is 0 Å². The minimum atomic E-state index is -0.395. The van der Waals surface area contributed by atoms with Crippen molar-refractivity contribution in [1.82, 2.24) is 14.8 Å². The monoisotopic (exact) mass is 482 g/mol. The Morgan fingerprint density at radius 1 is 0.889 bits per heavy atom. The molecule has 0 spiro atoms. The average Bonchev–Trinajstić information content (AvgIpc) is 3.39. The molecule has 3 heterocycles. The van der Waals surface area contributed by atoms with Crippen LogP contribution in [0.4, 0.5) is 5.95 Å². The van der Waals surface area contributed by atoms with E-state index >= 15 is 0 Å². The van der Waals surface area contributed by atoms with E-state index in [0.717, 1.165) is 45.0 Å². The Kier molecular flexibility index (Phi) is 5.29. The number of hydrogen-bond acceptors (Lipinski definition) is 7. The molecule has 0 aliphatic carbocycles. The van der Waals surface area contributed by atoms with Crippen LogP contribution in [0.15, 0.2) is 72.6 Å². The average molecular weight is 483 g/mol. The molecular weight excluding hydrogens is 456 g/mol. The summed E-state index contributed by atoms with van der Waals surface area (Å²) in [6.45, 7) is 2.08. The minimum Gasteiger partial charge on any atom is -0.497 e. The minimum absolute atomic E-state index is 0.302. The van der Waals surface area contributed by atoms with Gasteiger partial charge in [0, 0.05) is 16.7 Å². The highest BCUT2D eigenvalue weighted by Gasteiger charge is 2.41. The third-order valence-electron chi connectivity index (χ3n) is 6.69. The lowest BCUT2D eigenvalue weighted by Gasteiger charge is -2.39. The van der Waals surface area contributed by atoms with Crippen LogP contribution in [0.1, 0.15) is 34.4 Å². The van der Waals surface area contributed by atoms with Gasteiger partial charge in [-0.1, -0.05) is 29.8 Å². The maximum Gasteiger partial charge on any atom is 0.226 e. The van der Waals surface area contributed by atoms with Crippen LogP contribution >= 0.6 is 0 Å². The van der Waals surface area contributed by atoms with E-state index in [-0.39, 0.29) is 6.04 Å². The fourth-order valence-electron chi connectivity index (χ4n) is 5.01. The largest absolute Gasteiger partial charge is 0.497 e. The van der Waals surface area contributed by atoms with Gasteiger partial charge in [0.15, 0.2) is 11.5 Å². The van der Waals surface area contributed by atoms with Crippen molar-refractivity contribution >= 4 is 11.6 Å². The zero-order chi connectivity index (χ0) is 24.8. The molecule has 6 rings (SSSR count). The van der Waals surface area contributed by atoms with E-state index in [0.29, 0.717) is 17.4 Å². The van der Waals surface area contributed by atoms with Crippen LogP contribution < -0.4 is 24.3 Å². The van der Waals surface area contributed by atoms with Gasteiger partial charge >= 0.3 is 0 Å². The van der Waals surface area contributed by atoms with Crippen molar-refractivity contribution < 1.29 is 18.9 Å². The van der Waals surface area contributed by atoms with E-state index in [4.69, 9.17) is 18.9 Å². The lowest BCUT2D eigenvalue weighted by Crippen LogP contribution is -2.32. The number of hydrogen-bond donors (Lipinski definition) is 1. The molecule has 2 aliphatic heterocycles. The molecule has 0 saturated heterocycles. The molecule has 2 atom stereocenters. The summed E-state index contributed by atoms with van der Waals surface area (Å²) < 4.78 is 25.3. The maximum atomic E-state index is 6.72. The first-order valence-electron chi connectivity index (χ1n) is 11.7. The Morgan fingerprint density at radius 3 is 2.56 bits per heavy atom. The second-order valence-electron chi connectivity index (χ2n) is 8.77. The van der Waals surface area contributed by atoms with Gasteiger partial charge in [0.05, 0.1) is 27.0 Å². The SMILES string of the molecule is COc1cccc([C@H]2Oc3ccc(C)cc3C3=C2[C@@H](c2ccc(OC)c(OC)c2)n2ncnc2N3)c1. The zero-order valence-corrected chi connectivity index (χ0v) is 20.5. The van der Waals surface area contributed by atoms with Gasteiger partial charge in [0.1, 0.15) is 30.0 Å². The summed E-state index contributed by atoms with van der Waals surface area (Å²) in [5.41, 5.74) is 6.06. The van der Waals surface area contributed by atoms with Gasteiger partial charge in [-0.15, -0.1) is 0 Å². The number of aromatic nitrogens is 3. The number of aryl methyl sites for hydroxylation is 1. The molecule has 2 aliphatic rings. The topological polar surface area (TPSA) is 79.7 Å². The molecule has 0 bridgehead atoms. The molecule has 0 radical (unpaired) electrons. The summed E-state index contributed by atoms with van der Waals surface area (Å²) in [7, 11) is 4.93. The van der Waals surface area contributed by atoms with Gasteiger partial charge in [-0.3, -0.25) is 0 Å². The Hall–Kier alpha value is -4.46. The number of fused-ring (bicyclic) bond motifs is 3. The number of anilines is 1. The molecule has 0 amide bonds. The second kappa shape index (κ2) is 8.64. The van der Waals surface area contributed by atoms with E-state index in [1.807, 2.05) is 47.1 Å². The molecule has 1 N–H and O–H groups in total. The summed E-state index contributed by atoms with van der Waals surface area (Å²) in [6.07, 6.45) is 1.17. The number of ether oxygens (including phenoxy) is 4. The highest BCUT2D eigenvalue weighted by molar-refractivity contribution is 5.85. The van der Waals surface area contributed by atoms with E-state index in [1.165, 1.54) is 0 Å². The van der Waals surface area contributed by atoms with E-state index in [9.17, 15) is 0 Å². The molecule has 182 valence electrons. The van der Waals surface area contributed by atoms with Crippen molar-refractivity contribution in [2.75, 3.05) is 26.6 Å². The molecule has 8 heteroatoms. The number of nitrogens with one attached hydrogen (secondary N) is 1. The third-order valence-corrected chi connectivity index (χ3v) is 6.69. The van der Waals surface area contributed by atoms with Crippen molar-refractivity contribution in [3.63, 3.8) is 0 Å². The van der Waals surface area contributed by atoms with Crippen LogP contribution in [0.5, 0.6) is 23.0 Å². The molecule has 0 unspecified atom stereocenters. The molecule has 4 aromatic rings. The zero-order valence-electron chi connectivity index (χ0n) is 20.5. The number of nitrogens with zero attached hydrogens (tertiary/aromatic N) is 3. The lowest BCUT2D eigenvalue weighted by molar-refractivity contribution is 0.222. The number of benzene rings is 3. The second-order valence-corrected chi connectivity index (χ2v) is 8.77. The summed E-state index contributed by atoms with van der Waals surface area (Å²) >= 11 is 0. The predicted molar refractivity (Wildman–Crippen MR) is 136 cm³/mol. The third kappa shape index (κ3) is 3.45. The van der Waals surface area contributed by atoms with Crippen molar-refractivity contribution in [1.29, 1.82) is 0 Å². The van der Waals surface area contributed by atoms with Crippen molar-refractivity contribution in [3.05, 3.63) is 94.8 Å². The normalized spacial score (nSPS) is 17.8. The van der Waals surface area contributed by atoms with Gasteiger partial charge in [0.25, 0.3) is 0 Å². The van der Waals surface area contributed by atoms with Gasteiger partial charge in [-0.2, -0.15) is 10.1 Å². The molecule has 0 fully saturated rings. The van der Waals surface area contributed by atoms with Crippen molar-refractivity contribution in [2.45, 2.75) is 19.1 Å². The number of methoxy groups -OCH3 is 3. The summed E-state index contributed by atoms with van der Waals surface area (Å²) in [5.74, 6) is 3.53. The predicted octanol–water partition coefficient (Wildman–Crippen LogP) is 5.17. The molecule has 0 saturated carbocycles. The Morgan fingerprint density at radius 2 is 1.75 bits per heavy atom. The fourth-order valence-corrected chi connectivity index (χ4v) is 5.01. The van der Waals surface area contributed by atoms with Crippen LogP contribution in [0.3, 0.4) is 0 Å². The van der Waals surface area contributed by atoms with Crippen LogP contribution in [0.25, 0.3) is 5.70 Å². The number of rotatable bonds is 5. The highest BCUT2D eigenvalue weighted by atomic mass is 16.5. The summed E-state index contributed by atoms with van der Waals surface area (Å²) in [6, 6.07) is 19.8. The van der Waals surface area contributed by atoms with E-state index < -0.39 is 6.10 Å². The summed E-state index contributed by atoms with van der Waals surface area (Å²) in [5, 5.41) is 8.14. The fraction of sp³-hybridized carbons (Fsp3) is 0.214. The molecule has 36 heavy (non-hydrogen) atoms. The Balaban J connectivity index is 1.62. The lowest BCUT2D eigenvalue weighted by atomic mass is 9.84. The van der Waals surface area contributed by atoms with Gasteiger partial charge in [-0.25, -0.2) is 4.68 Å².